The highest BCUT2D eigenvalue weighted by Gasteiger charge is 2.28. The van der Waals surface area contributed by atoms with Gasteiger partial charge in [0.1, 0.15) is 0 Å². The van der Waals surface area contributed by atoms with Crippen molar-refractivity contribution in [1.82, 2.24) is 15.5 Å². The van der Waals surface area contributed by atoms with E-state index in [0.29, 0.717) is 18.4 Å². The Hall–Kier alpha value is -0.0900. The van der Waals surface area contributed by atoms with E-state index < -0.39 is 9.84 Å². The summed E-state index contributed by atoms with van der Waals surface area (Å²) in [7, 11) is -1.13. The molecule has 0 aromatic heterocycles. The van der Waals surface area contributed by atoms with E-state index in [2.05, 4.69) is 34.4 Å². The van der Waals surface area contributed by atoms with E-state index >= 15 is 0 Å². The third kappa shape index (κ3) is 6.74. The molecule has 0 radical (unpaired) electrons. The van der Waals surface area contributed by atoms with Crippen LogP contribution >= 0.6 is 24.0 Å². The summed E-state index contributed by atoms with van der Waals surface area (Å²) in [5, 5.41) is 6.57. The van der Waals surface area contributed by atoms with Gasteiger partial charge < -0.3 is 10.6 Å². The Morgan fingerprint density at radius 3 is 2.70 bits per heavy atom. The highest BCUT2D eigenvalue weighted by molar-refractivity contribution is 14.0. The number of nitrogens with zero attached hydrogens (tertiary/aromatic N) is 2. The van der Waals surface area contributed by atoms with Crippen LogP contribution in [0.2, 0.25) is 0 Å². The number of sulfone groups is 1. The van der Waals surface area contributed by atoms with Crippen molar-refractivity contribution in [3.05, 3.63) is 0 Å². The lowest BCUT2D eigenvalue weighted by Gasteiger charge is -2.35. The van der Waals surface area contributed by atoms with Gasteiger partial charge >= 0.3 is 0 Å². The third-order valence-corrected chi connectivity index (χ3v) is 6.44. The van der Waals surface area contributed by atoms with E-state index in [1.54, 1.807) is 7.05 Å². The Bertz CT molecular complexity index is 498. The first kappa shape index (κ1) is 21.0. The summed E-state index contributed by atoms with van der Waals surface area (Å²) in [6, 6.07) is 0.440. The van der Waals surface area contributed by atoms with Gasteiger partial charge in [0.25, 0.3) is 0 Å². The molecule has 0 saturated carbocycles. The number of aliphatic imine (C=N–C) groups is 1. The number of rotatable bonds is 4. The topological polar surface area (TPSA) is 73.8 Å². The second-order valence-electron chi connectivity index (χ2n) is 6.79. The van der Waals surface area contributed by atoms with Crippen molar-refractivity contribution in [2.75, 3.05) is 38.2 Å². The van der Waals surface area contributed by atoms with Gasteiger partial charge in [-0.25, -0.2) is 8.42 Å². The molecule has 0 aliphatic carbocycles. The predicted molar refractivity (Wildman–Crippen MR) is 106 cm³/mol. The van der Waals surface area contributed by atoms with Gasteiger partial charge in [0.15, 0.2) is 15.8 Å². The Kier molecular flexibility index (Phi) is 8.57. The van der Waals surface area contributed by atoms with Crippen LogP contribution in [0.3, 0.4) is 0 Å². The van der Waals surface area contributed by atoms with E-state index in [-0.39, 0.29) is 41.5 Å². The van der Waals surface area contributed by atoms with E-state index in [1.807, 2.05) is 0 Å². The van der Waals surface area contributed by atoms with Crippen LogP contribution in [0.25, 0.3) is 0 Å². The minimum Gasteiger partial charge on any atom is -0.355 e. The number of likely N-dealkylation sites (tertiary alicyclic amines) is 1. The zero-order chi connectivity index (χ0) is 16.2. The van der Waals surface area contributed by atoms with E-state index in [4.69, 9.17) is 0 Å². The minimum absolute atomic E-state index is 0. The van der Waals surface area contributed by atoms with Crippen LogP contribution in [0.1, 0.15) is 33.1 Å². The third-order valence-electron chi connectivity index (χ3n) is 4.67. The molecule has 2 aliphatic rings. The molecule has 2 aliphatic heterocycles. The van der Waals surface area contributed by atoms with Crippen molar-refractivity contribution < 1.29 is 8.42 Å². The molecule has 0 aromatic rings. The number of hydrogen-bond acceptors (Lipinski definition) is 4. The number of hydrogen-bond donors (Lipinski definition) is 2. The summed E-state index contributed by atoms with van der Waals surface area (Å²) < 4.78 is 23.0. The van der Waals surface area contributed by atoms with E-state index in [1.165, 1.54) is 19.4 Å². The monoisotopic (exact) mass is 458 g/mol. The lowest BCUT2D eigenvalue weighted by molar-refractivity contribution is 0.139. The highest BCUT2D eigenvalue weighted by Crippen LogP contribution is 2.17. The van der Waals surface area contributed by atoms with Gasteiger partial charge in [-0.3, -0.25) is 9.89 Å². The zero-order valence-electron chi connectivity index (χ0n) is 14.4. The van der Waals surface area contributed by atoms with Crippen molar-refractivity contribution >= 4 is 39.8 Å². The van der Waals surface area contributed by atoms with Crippen molar-refractivity contribution in [3.8, 4) is 0 Å². The smallest absolute Gasteiger partial charge is 0.191 e. The summed E-state index contributed by atoms with van der Waals surface area (Å²) in [5.41, 5.74) is 0. The van der Waals surface area contributed by atoms with Crippen LogP contribution in [0.4, 0.5) is 0 Å². The first-order valence-electron chi connectivity index (χ1n) is 8.31. The van der Waals surface area contributed by atoms with Crippen molar-refractivity contribution in [2.45, 2.75) is 45.2 Å². The molecule has 2 heterocycles. The summed E-state index contributed by atoms with van der Waals surface area (Å²) in [5.74, 6) is 1.98. The average molecular weight is 458 g/mol. The van der Waals surface area contributed by atoms with Gasteiger partial charge in [-0.1, -0.05) is 6.92 Å². The molecule has 2 saturated heterocycles. The maximum Gasteiger partial charge on any atom is 0.191 e. The number of halogens is 1. The SMILES string of the molecule is CN=C(NCC(C)N1CCCC(C)C1)NC1CCS(=O)(=O)C1.I. The molecule has 23 heavy (non-hydrogen) atoms. The molecule has 8 heteroatoms. The largest absolute Gasteiger partial charge is 0.355 e. The number of guanidine groups is 1. The number of piperidine rings is 1. The molecule has 0 bridgehead atoms. The van der Waals surface area contributed by atoms with Gasteiger partial charge in [0.2, 0.25) is 0 Å². The molecule has 136 valence electrons. The first-order chi connectivity index (χ1) is 10.4. The normalized spacial score (nSPS) is 29.6. The second kappa shape index (κ2) is 9.41. The molecule has 2 rings (SSSR count). The van der Waals surface area contributed by atoms with E-state index in [0.717, 1.165) is 19.0 Å². The average Bonchev–Trinajstić information content (AvgIpc) is 2.82. The maximum absolute atomic E-state index is 11.5. The van der Waals surface area contributed by atoms with Crippen LogP contribution in [0.5, 0.6) is 0 Å². The fraction of sp³-hybridized carbons (Fsp3) is 0.933. The summed E-state index contributed by atoms with van der Waals surface area (Å²) >= 11 is 0. The van der Waals surface area contributed by atoms with E-state index in [9.17, 15) is 8.42 Å². The quantitative estimate of drug-likeness (QED) is 0.375. The molecule has 3 atom stereocenters. The van der Waals surface area contributed by atoms with Crippen LogP contribution < -0.4 is 10.6 Å². The molecular weight excluding hydrogens is 427 g/mol. The minimum atomic E-state index is -2.86. The summed E-state index contributed by atoms with van der Waals surface area (Å²) in [6.45, 7) is 7.70. The van der Waals surface area contributed by atoms with Crippen molar-refractivity contribution in [3.63, 3.8) is 0 Å². The lowest BCUT2D eigenvalue weighted by atomic mass is 9.99. The summed E-state index contributed by atoms with van der Waals surface area (Å²) in [4.78, 5) is 6.73. The van der Waals surface area contributed by atoms with Crippen LogP contribution in [-0.4, -0.2) is 69.5 Å². The van der Waals surface area contributed by atoms with Crippen molar-refractivity contribution in [2.24, 2.45) is 10.9 Å². The molecule has 0 amide bonds. The number of nitrogens with one attached hydrogen (secondary N) is 2. The predicted octanol–water partition coefficient (Wildman–Crippen LogP) is 1.08. The molecule has 6 nitrogen and oxygen atoms in total. The Balaban J connectivity index is 0.00000264. The van der Waals surface area contributed by atoms with Crippen LogP contribution in [-0.2, 0) is 9.84 Å². The molecule has 0 spiro atoms. The van der Waals surface area contributed by atoms with Crippen LogP contribution in [0, 0.1) is 5.92 Å². The standard InChI is InChI=1S/C15H30N4O2S.HI/c1-12-5-4-7-19(10-12)13(2)9-17-15(16-3)18-14-6-8-22(20,21)11-14;/h12-14H,4-11H2,1-3H3,(H2,16,17,18);1H. The van der Waals surface area contributed by atoms with Crippen LogP contribution in [0.15, 0.2) is 4.99 Å². The molecule has 3 unspecified atom stereocenters. The Morgan fingerprint density at radius 1 is 1.39 bits per heavy atom. The van der Waals surface area contributed by atoms with Gasteiger partial charge in [-0.2, -0.15) is 0 Å². The summed E-state index contributed by atoms with van der Waals surface area (Å²) in [6.07, 6.45) is 3.27. The van der Waals surface area contributed by atoms with Gasteiger partial charge in [0, 0.05) is 32.2 Å². The second-order valence-corrected chi connectivity index (χ2v) is 9.02. The van der Waals surface area contributed by atoms with Crippen molar-refractivity contribution in [1.29, 1.82) is 0 Å². The lowest BCUT2D eigenvalue weighted by Crippen LogP contribution is -2.50. The highest BCUT2D eigenvalue weighted by atomic mass is 127. The molecular formula is C15H31IN4O2S. The molecule has 0 aromatic carbocycles. The molecule has 2 fully saturated rings. The van der Waals surface area contributed by atoms with Gasteiger partial charge in [0.05, 0.1) is 11.5 Å². The maximum atomic E-state index is 11.5. The first-order valence-corrected chi connectivity index (χ1v) is 10.1. The fourth-order valence-corrected chi connectivity index (χ4v) is 4.97. The molecule has 2 N–H and O–H groups in total. The zero-order valence-corrected chi connectivity index (χ0v) is 17.6. The van der Waals surface area contributed by atoms with Gasteiger partial charge in [-0.15, -0.1) is 24.0 Å². The Morgan fingerprint density at radius 2 is 2.13 bits per heavy atom. The Labute approximate surface area is 157 Å². The van der Waals surface area contributed by atoms with Gasteiger partial charge in [-0.05, 0) is 38.6 Å². The fourth-order valence-electron chi connectivity index (χ4n) is 3.30.